The first-order chi connectivity index (χ1) is 8.47. The molecule has 0 fully saturated rings. The van der Waals surface area contributed by atoms with E-state index in [1.165, 1.54) is 0 Å². The molecule has 8 heteroatoms. The summed E-state index contributed by atoms with van der Waals surface area (Å²) in [5.41, 5.74) is 0. The van der Waals surface area contributed by atoms with Crippen LogP contribution in [0.2, 0.25) is 0 Å². The minimum Gasteiger partial charge on any atom is -0.351 e. The Morgan fingerprint density at radius 2 is 1.39 bits per heavy atom. The molecular formula is C10H12Cl3N5. The van der Waals surface area contributed by atoms with Gasteiger partial charge in [-0.2, -0.15) is 15.0 Å². The fourth-order valence-corrected chi connectivity index (χ4v) is 1.24. The third-order valence-electron chi connectivity index (χ3n) is 1.70. The van der Waals surface area contributed by atoms with Crippen molar-refractivity contribution in [1.29, 1.82) is 0 Å². The highest BCUT2D eigenvalue weighted by atomic mass is 35.6. The van der Waals surface area contributed by atoms with E-state index in [4.69, 9.17) is 34.8 Å². The van der Waals surface area contributed by atoms with Gasteiger partial charge in [-0.15, -0.1) is 13.2 Å². The molecule has 0 spiro atoms. The summed E-state index contributed by atoms with van der Waals surface area (Å²) in [5, 5.41) is 5.80. The van der Waals surface area contributed by atoms with Crippen LogP contribution in [-0.4, -0.2) is 28.0 Å². The molecule has 1 aromatic rings. The van der Waals surface area contributed by atoms with Gasteiger partial charge in [-0.1, -0.05) is 47.0 Å². The summed E-state index contributed by atoms with van der Waals surface area (Å²) in [5.74, 6) is 0.649. The van der Waals surface area contributed by atoms with E-state index in [2.05, 4.69) is 38.7 Å². The van der Waals surface area contributed by atoms with E-state index in [1.807, 2.05) is 0 Å². The molecule has 0 unspecified atom stereocenters. The molecule has 1 rings (SSSR count). The molecule has 5 nitrogen and oxygen atoms in total. The summed E-state index contributed by atoms with van der Waals surface area (Å²) in [7, 11) is 0. The largest absolute Gasteiger partial charge is 0.351 e. The van der Waals surface area contributed by atoms with Gasteiger partial charge in [-0.25, -0.2) is 0 Å². The van der Waals surface area contributed by atoms with Crippen LogP contribution in [0.25, 0.3) is 0 Å². The molecule has 0 atom stereocenters. The Kier molecular flexibility index (Phi) is 5.65. The van der Waals surface area contributed by atoms with Gasteiger partial charge in [0.15, 0.2) is 5.82 Å². The monoisotopic (exact) mass is 307 g/mol. The van der Waals surface area contributed by atoms with Crippen LogP contribution >= 0.6 is 34.8 Å². The van der Waals surface area contributed by atoms with Crippen LogP contribution < -0.4 is 10.6 Å². The zero-order valence-corrected chi connectivity index (χ0v) is 11.7. The Labute approximate surface area is 120 Å². The number of alkyl halides is 3. The minimum atomic E-state index is -1.71. The molecule has 2 N–H and O–H groups in total. The number of rotatable bonds is 6. The molecule has 0 aliphatic carbocycles. The second-order valence-corrected chi connectivity index (χ2v) is 5.42. The Balaban J connectivity index is 3.03. The molecule has 0 saturated carbocycles. The number of hydrogen-bond acceptors (Lipinski definition) is 5. The van der Waals surface area contributed by atoms with E-state index in [9.17, 15) is 0 Å². The van der Waals surface area contributed by atoms with Gasteiger partial charge in [0.1, 0.15) is 0 Å². The molecule has 0 aliphatic rings. The van der Waals surface area contributed by atoms with Crippen molar-refractivity contribution >= 4 is 46.7 Å². The lowest BCUT2D eigenvalue weighted by Crippen LogP contribution is -2.15. The molecule has 0 radical (unpaired) electrons. The van der Waals surface area contributed by atoms with Gasteiger partial charge < -0.3 is 10.6 Å². The van der Waals surface area contributed by atoms with Crippen LogP contribution in [0, 0.1) is 0 Å². The fraction of sp³-hybridized carbons (Fsp3) is 0.300. The average molecular weight is 309 g/mol. The Morgan fingerprint density at radius 1 is 0.944 bits per heavy atom. The maximum Gasteiger partial charge on any atom is 0.250 e. The highest BCUT2D eigenvalue weighted by Crippen LogP contribution is 2.36. The lowest BCUT2D eigenvalue weighted by atomic mass is 10.6. The van der Waals surface area contributed by atoms with Crippen LogP contribution in [0.3, 0.4) is 0 Å². The maximum atomic E-state index is 5.75. The van der Waals surface area contributed by atoms with Crippen LogP contribution in [-0.2, 0) is 3.79 Å². The molecule has 1 aromatic heterocycles. The van der Waals surface area contributed by atoms with Crippen molar-refractivity contribution in [1.82, 2.24) is 15.0 Å². The summed E-state index contributed by atoms with van der Waals surface area (Å²) in [4.78, 5) is 12.1. The predicted octanol–water partition coefficient (Wildman–Crippen LogP) is 2.89. The average Bonchev–Trinajstić information content (AvgIpc) is 2.32. The topological polar surface area (TPSA) is 62.7 Å². The quantitative estimate of drug-likeness (QED) is 0.625. The predicted molar refractivity (Wildman–Crippen MR) is 76.4 cm³/mol. The summed E-state index contributed by atoms with van der Waals surface area (Å²) in [6.45, 7) is 8.14. The van der Waals surface area contributed by atoms with E-state index >= 15 is 0 Å². The molecule has 0 aromatic carbocycles. The first-order valence-electron chi connectivity index (χ1n) is 5.00. The van der Waals surface area contributed by atoms with E-state index < -0.39 is 3.79 Å². The lowest BCUT2D eigenvalue weighted by molar-refractivity contribution is 0.916. The van der Waals surface area contributed by atoms with Gasteiger partial charge >= 0.3 is 0 Å². The van der Waals surface area contributed by atoms with Gasteiger partial charge in [0.25, 0.3) is 0 Å². The van der Waals surface area contributed by atoms with Crippen LogP contribution in [0.1, 0.15) is 5.82 Å². The zero-order chi connectivity index (χ0) is 13.6. The highest BCUT2D eigenvalue weighted by Gasteiger charge is 2.28. The van der Waals surface area contributed by atoms with Crippen molar-refractivity contribution in [3.8, 4) is 0 Å². The van der Waals surface area contributed by atoms with Crippen molar-refractivity contribution in [2.75, 3.05) is 23.7 Å². The Hall–Kier alpha value is -1.04. The third kappa shape index (κ3) is 4.68. The zero-order valence-electron chi connectivity index (χ0n) is 9.46. The molecule has 18 heavy (non-hydrogen) atoms. The summed E-state index contributed by atoms with van der Waals surface area (Å²) >= 11 is 17.3. The maximum absolute atomic E-state index is 5.75. The van der Waals surface area contributed by atoms with Gasteiger partial charge in [0.05, 0.1) is 0 Å². The van der Waals surface area contributed by atoms with E-state index in [0.29, 0.717) is 25.0 Å². The number of aromatic nitrogens is 3. The minimum absolute atomic E-state index is 0.0422. The van der Waals surface area contributed by atoms with Crippen molar-refractivity contribution in [3.63, 3.8) is 0 Å². The molecule has 0 saturated heterocycles. The van der Waals surface area contributed by atoms with Gasteiger partial charge in [-0.05, 0) is 0 Å². The number of nitrogens with zero attached hydrogens (tertiary/aromatic N) is 3. The number of hydrogen-bond donors (Lipinski definition) is 2. The van der Waals surface area contributed by atoms with E-state index in [-0.39, 0.29) is 5.82 Å². The number of nitrogens with one attached hydrogen (secondary N) is 2. The molecular weight excluding hydrogens is 297 g/mol. The van der Waals surface area contributed by atoms with Gasteiger partial charge in [0.2, 0.25) is 15.7 Å². The molecule has 98 valence electrons. The molecule has 1 heterocycles. The second kappa shape index (κ2) is 6.78. The first kappa shape index (κ1) is 15.0. The second-order valence-electron chi connectivity index (χ2n) is 3.14. The molecule has 0 bridgehead atoms. The Morgan fingerprint density at radius 3 is 1.72 bits per heavy atom. The van der Waals surface area contributed by atoms with Gasteiger partial charge in [0, 0.05) is 13.1 Å². The number of halogens is 3. The van der Waals surface area contributed by atoms with Crippen molar-refractivity contribution in [2.24, 2.45) is 0 Å². The van der Waals surface area contributed by atoms with Crippen LogP contribution in [0.4, 0.5) is 11.9 Å². The summed E-state index contributed by atoms with van der Waals surface area (Å²) < 4.78 is -1.71. The van der Waals surface area contributed by atoms with Crippen molar-refractivity contribution in [2.45, 2.75) is 3.79 Å². The van der Waals surface area contributed by atoms with E-state index in [0.717, 1.165) is 0 Å². The highest BCUT2D eigenvalue weighted by molar-refractivity contribution is 6.66. The SMILES string of the molecule is C=CCNc1nc(NCC=C)nc(C(Cl)(Cl)Cl)n1. The Bertz CT molecular complexity index is 400. The smallest absolute Gasteiger partial charge is 0.250 e. The molecule has 0 aliphatic heterocycles. The molecule has 0 amide bonds. The van der Waals surface area contributed by atoms with Crippen LogP contribution in [0.15, 0.2) is 25.3 Å². The van der Waals surface area contributed by atoms with Crippen molar-refractivity contribution < 1.29 is 0 Å². The first-order valence-corrected chi connectivity index (χ1v) is 6.13. The fourth-order valence-electron chi connectivity index (χ4n) is 0.988. The van der Waals surface area contributed by atoms with Gasteiger partial charge in [-0.3, -0.25) is 0 Å². The normalized spacial score (nSPS) is 10.8. The third-order valence-corrected chi connectivity index (χ3v) is 2.21. The van der Waals surface area contributed by atoms with Crippen molar-refractivity contribution in [3.05, 3.63) is 31.1 Å². The summed E-state index contributed by atoms with van der Waals surface area (Å²) in [6, 6.07) is 0. The standard InChI is InChI=1S/C10H12Cl3N5/c1-3-5-14-8-16-7(10(11,12)13)17-9(18-8)15-6-4-2/h3-4H,1-2,5-6H2,(H2,14,15,16,17,18). The number of anilines is 2. The lowest BCUT2D eigenvalue weighted by Gasteiger charge is -2.12. The van der Waals surface area contributed by atoms with Crippen LogP contribution in [0.5, 0.6) is 0 Å². The van der Waals surface area contributed by atoms with E-state index in [1.54, 1.807) is 12.2 Å². The summed E-state index contributed by atoms with van der Waals surface area (Å²) in [6.07, 6.45) is 3.32.